The predicted octanol–water partition coefficient (Wildman–Crippen LogP) is 2.74. The summed E-state index contributed by atoms with van der Waals surface area (Å²) in [6, 6.07) is 2.37. The van der Waals surface area contributed by atoms with Gasteiger partial charge in [0.2, 0.25) is 0 Å². The normalized spacial score (nSPS) is 13.1. The number of hydrogen-bond acceptors (Lipinski definition) is 3. The zero-order valence-corrected chi connectivity index (χ0v) is 9.77. The van der Waals surface area contributed by atoms with Gasteiger partial charge >= 0.3 is 0 Å². The molecule has 0 aromatic carbocycles. The second-order valence-corrected chi connectivity index (χ2v) is 4.35. The standard InChI is InChI=1S/C11H19NOS/c1-3-9-6-8-14-11(9)10(12)5-4-7-13-2/h6,8,10H,3-5,7,12H2,1-2H3. The average Bonchev–Trinajstić information content (AvgIpc) is 2.65. The number of hydrogen-bond donors (Lipinski definition) is 1. The van der Waals surface area contributed by atoms with Crippen LogP contribution in [0.5, 0.6) is 0 Å². The molecule has 1 unspecified atom stereocenters. The van der Waals surface area contributed by atoms with Crippen molar-refractivity contribution in [3.63, 3.8) is 0 Å². The van der Waals surface area contributed by atoms with Crippen molar-refractivity contribution in [3.8, 4) is 0 Å². The minimum absolute atomic E-state index is 0.195. The summed E-state index contributed by atoms with van der Waals surface area (Å²) in [4.78, 5) is 1.35. The molecule has 0 amide bonds. The van der Waals surface area contributed by atoms with Crippen LogP contribution in [0.3, 0.4) is 0 Å². The topological polar surface area (TPSA) is 35.2 Å². The van der Waals surface area contributed by atoms with Crippen LogP contribution in [-0.2, 0) is 11.2 Å². The van der Waals surface area contributed by atoms with Crippen molar-refractivity contribution in [2.45, 2.75) is 32.2 Å². The third kappa shape index (κ3) is 3.08. The van der Waals surface area contributed by atoms with Crippen LogP contribution in [0.15, 0.2) is 11.4 Å². The number of nitrogens with two attached hydrogens (primary N) is 1. The van der Waals surface area contributed by atoms with Crippen LogP contribution in [0.25, 0.3) is 0 Å². The van der Waals surface area contributed by atoms with Gasteiger partial charge in [-0.1, -0.05) is 6.92 Å². The van der Waals surface area contributed by atoms with Crippen LogP contribution in [-0.4, -0.2) is 13.7 Å². The first-order chi connectivity index (χ1) is 6.79. The van der Waals surface area contributed by atoms with E-state index >= 15 is 0 Å². The van der Waals surface area contributed by atoms with Gasteiger partial charge in [-0.2, -0.15) is 0 Å². The van der Waals surface area contributed by atoms with Gasteiger partial charge in [0.25, 0.3) is 0 Å². The fourth-order valence-corrected chi connectivity index (χ4v) is 2.58. The summed E-state index contributed by atoms with van der Waals surface area (Å²) in [6.45, 7) is 2.98. The van der Waals surface area contributed by atoms with E-state index in [1.807, 2.05) is 0 Å². The van der Waals surface area contributed by atoms with Gasteiger partial charge in [-0.3, -0.25) is 0 Å². The zero-order chi connectivity index (χ0) is 10.4. The first-order valence-electron chi connectivity index (χ1n) is 5.10. The number of thiophene rings is 1. The van der Waals surface area contributed by atoms with E-state index in [0.717, 1.165) is 25.9 Å². The molecule has 0 bridgehead atoms. The van der Waals surface area contributed by atoms with Gasteiger partial charge in [0.05, 0.1) is 0 Å². The number of ether oxygens (including phenoxy) is 1. The molecular formula is C11H19NOS. The first-order valence-corrected chi connectivity index (χ1v) is 5.98. The molecule has 14 heavy (non-hydrogen) atoms. The molecule has 1 aromatic heterocycles. The molecule has 0 aliphatic carbocycles. The predicted molar refractivity (Wildman–Crippen MR) is 61.7 cm³/mol. The highest BCUT2D eigenvalue weighted by molar-refractivity contribution is 7.10. The molecule has 0 spiro atoms. The maximum atomic E-state index is 6.11. The van der Waals surface area contributed by atoms with E-state index in [-0.39, 0.29) is 6.04 Å². The minimum atomic E-state index is 0.195. The van der Waals surface area contributed by atoms with E-state index in [4.69, 9.17) is 10.5 Å². The molecule has 1 atom stereocenters. The van der Waals surface area contributed by atoms with Crippen LogP contribution in [0, 0.1) is 0 Å². The smallest absolute Gasteiger partial charge is 0.0462 e. The summed E-state index contributed by atoms with van der Waals surface area (Å²) in [7, 11) is 1.73. The molecule has 0 aliphatic rings. The molecule has 0 fully saturated rings. The highest BCUT2D eigenvalue weighted by Gasteiger charge is 2.10. The highest BCUT2D eigenvalue weighted by Crippen LogP contribution is 2.26. The summed E-state index contributed by atoms with van der Waals surface area (Å²) < 4.78 is 5.01. The molecule has 0 saturated carbocycles. The molecular weight excluding hydrogens is 194 g/mol. The Labute approximate surface area is 90.1 Å². The van der Waals surface area contributed by atoms with E-state index in [1.165, 1.54) is 10.4 Å². The maximum absolute atomic E-state index is 6.11. The molecule has 80 valence electrons. The van der Waals surface area contributed by atoms with Gasteiger partial charge in [0.15, 0.2) is 0 Å². The molecule has 2 N–H and O–H groups in total. The van der Waals surface area contributed by atoms with Crippen molar-refractivity contribution in [1.82, 2.24) is 0 Å². The largest absolute Gasteiger partial charge is 0.385 e. The molecule has 2 nitrogen and oxygen atoms in total. The fourth-order valence-electron chi connectivity index (χ4n) is 1.54. The quantitative estimate of drug-likeness (QED) is 0.737. The zero-order valence-electron chi connectivity index (χ0n) is 8.95. The number of aryl methyl sites for hydroxylation is 1. The number of rotatable bonds is 6. The lowest BCUT2D eigenvalue weighted by Gasteiger charge is -2.11. The van der Waals surface area contributed by atoms with E-state index in [1.54, 1.807) is 18.4 Å². The summed E-state index contributed by atoms with van der Waals surface area (Å²) >= 11 is 1.77. The van der Waals surface area contributed by atoms with E-state index in [2.05, 4.69) is 18.4 Å². The fraction of sp³-hybridized carbons (Fsp3) is 0.636. The first kappa shape index (κ1) is 11.7. The molecule has 1 rings (SSSR count). The molecule has 0 radical (unpaired) electrons. The van der Waals surface area contributed by atoms with Crippen LogP contribution < -0.4 is 5.73 Å². The van der Waals surface area contributed by atoms with E-state index < -0.39 is 0 Å². The molecule has 3 heteroatoms. The van der Waals surface area contributed by atoms with E-state index in [9.17, 15) is 0 Å². The summed E-state index contributed by atoms with van der Waals surface area (Å²) in [5.41, 5.74) is 7.51. The van der Waals surface area contributed by atoms with Crippen molar-refractivity contribution in [3.05, 3.63) is 21.9 Å². The molecule has 0 aliphatic heterocycles. The van der Waals surface area contributed by atoms with Crippen molar-refractivity contribution < 1.29 is 4.74 Å². The molecule has 0 saturated heterocycles. The van der Waals surface area contributed by atoms with Crippen LogP contribution in [0.4, 0.5) is 0 Å². The third-order valence-corrected chi connectivity index (χ3v) is 3.45. The second kappa shape index (κ2) is 6.17. The van der Waals surface area contributed by atoms with Crippen molar-refractivity contribution in [2.24, 2.45) is 5.73 Å². The lowest BCUT2D eigenvalue weighted by atomic mass is 10.1. The van der Waals surface area contributed by atoms with Gasteiger partial charge in [-0.05, 0) is 36.3 Å². The van der Waals surface area contributed by atoms with Gasteiger partial charge in [0.1, 0.15) is 0 Å². The Kier molecular flexibility index (Phi) is 5.15. The SMILES string of the molecule is CCc1ccsc1C(N)CCCOC. The Morgan fingerprint density at radius 3 is 3.00 bits per heavy atom. The lowest BCUT2D eigenvalue weighted by Crippen LogP contribution is -2.11. The van der Waals surface area contributed by atoms with Gasteiger partial charge in [-0.15, -0.1) is 11.3 Å². The molecule has 1 aromatic rings. The monoisotopic (exact) mass is 213 g/mol. The Hall–Kier alpha value is -0.380. The number of methoxy groups -OCH3 is 1. The van der Waals surface area contributed by atoms with Crippen LogP contribution in [0.1, 0.15) is 36.2 Å². The summed E-state index contributed by atoms with van der Waals surface area (Å²) in [5.74, 6) is 0. The summed E-state index contributed by atoms with van der Waals surface area (Å²) in [5, 5.41) is 2.13. The van der Waals surface area contributed by atoms with Crippen molar-refractivity contribution in [2.75, 3.05) is 13.7 Å². The molecule has 1 heterocycles. The van der Waals surface area contributed by atoms with Crippen LogP contribution >= 0.6 is 11.3 Å². The Balaban J connectivity index is 2.47. The summed E-state index contributed by atoms with van der Waals surface area (Å²) in [6.07, 6.45) is 3.14. The Morgan fingerprint density at radius 1 is 1.57 bits per heavy atom. The minimum Gasteiger partial charge on any atom is -0.385 e. The van der Waals surface area contributed by atoms with Crippen molar-refractivity contribution in [1.29, 1.82) is 0 Å². The average molecular weight is 213 g/mol. The van der Waals surface area contributed by atoms with Gasteiger partial charge < -0.3 is 10.5 Å². The van der Waals surface area contributed by atoms with Gasteiger partial charge in [0, 0.05) is 24.6 Å². The third-order valence-electron chi connectivity index (χ3n) is 2.36. The van der Waals surface area contributed by atoms with Gasteiger partial charge in [-0.25, -0.2) is 0 Å². The van der Waals surface area contributed by atoms with Crippen LogP contribution in [0.2, 0.25) is 0 Å². The Bertz CT molecular complexity index is 260. The Morgan fingerprint density at radius 2 is 2.36 bits per heavy atom. The van der Waals surface area contributed by atoms with E-state index in [0.29, 0.717) is 0 Å². The maximum Gasteiger partial charge on any atom is 0.0462 e. The van der Waals surface area contributed by atoms with Crippen molar-refractivity contribution >= 4 is 11.3 Å². The second-order valence-electron chi connectivity index (χ2n) is 3.41. The lowest BCUT2D eigenvalue weighted by molar-refractivity contribution is 0.190. The highest BCUT2D eigenvalue weighted by atomic mass is 32.1.